The molecule has 1 aliphatic heterocycles. The molecule has 1 aliphatic rings. The third-order valence-electron chi connectivity index (χ3n) is 2.97. The van der Waals surface area contributed by atoms with Crippen LogP contribution in [-0.2, 0) is 0 Å². The summed E-state index contributed by atoms with van der Waals surface area (Å²) < 4.78 is 1.14. The molecule has 2 rings (SSSR count). The van der Waals surface area contributed by atoms with E-state index in [4.69, 9.17) is 5.73 Å². The zero-order valence-electron chi connectivity index (χ0n) is 9.04. The number of hydrogen-bond donors (Lipinski definition) is 1. The molecule has 15 heavy (non-hydrogen) atoms. The van der Waals surface area contributed by atoms with E-state index in [2.05, 4.69) is 46.0 Å². The zero-order valence-corrected chi connectivity index (χ0v) is 10.6. The van der Waals surface area contributed by atoms with E-state index < -0.39 is 0 Å². The Bertz CT molecular complexity index is 351. The van der Waals surface area contributed by atoms with Gasteiger partial charge in [0.2, 0.25) is 0 Å². The lowest BCUT2D eigenvalue weighted by atomic mass is 10.0. The summed E-state index contributed by atoms with van der Waals surface area (Å²) in [4.78, 5) is 2.40. The van der Waals surface area contributed by atoms with Crippen molar-refractivity contribution in [2.24, 2.45) is 5.73 Å². The van der Waals surface area contributed by atoms with E-state index >= 15 is 0 Å². The standard InChI is InChI=1S/C12H17BrN2/c1-9-4-5-10(13)7-12(9)15-6-2-3-11(14)8-15/h4-5,7,11H,2-3,6,8,14H2,1H3. The van der Waals surface area contributed by atoms with Crippen molar-refractivity contribution in [1.82, 2.24) is 0 Å². The molecule has 0 aromatic heterocycles. The van der Waals surface area contributed by atoms with Gasteiger partial charge in [-0.15, -0.1) is 0 Å². The van der Waals surface area contributed by atoms with Crippen LogP contribution in [0.25, 0.3) is 0 Å². The Balaban J connectivity index is 2.24. The van der Waals surface area contributed by atoms with Gasteiger partial charge in [-0.25, -0.2) is 0 Å². The lowest BCUT2D eigenvalue weighted by Crippen LogP contribution is -2.43. The van der Waals surface area contributed by atoms with Crippen LogP contribution in [0.15, 0.2) is 22.7 Å². The maximum atomic E-state index is 6.00. The topological polar surface area (TPSA) is 29.3 Å². The van der Waals surface area contributed by atoms with E-state index in [0.29, 0.717) is 6.04 Å². The van der Waals surface area contributed by atoms with Gasteiger partial charge >= 0.3 is 0 Å². The van der Waals surface area contributed by atoms with Gasteiger partial charge in [-0.05, 0) is 37.5 Å². The summed E-state index contributed by atoms with van der Waals surface area (Å²) in [6, 6.07) is 6.76. The fraction of sp³-hybridized carbons (Fsp3) is 0.500. The first-order valence-electron chi connectivity index (χ1n) is 5.43. The summed E-state index contributed by atoms with van der Waals surface area (Å²) in [5.74, 6) is 0. The summed E-state index contributed by atoms with van der Waals surface area (Å²) in [6.45, 7) is 4.27. The summed E-state index contributed by atoms with van der Waals surface area (Å²) in [6.07, 6.45) is 2.36. The molecule has 82 valence electrons. The van der Waals surface area contributed by atoms with Crippen molar-refractivity contribution < 1.29 is 0 Å². The van der Waals surface area contributed by atoms with Crippen molar-refractivity contribution in [2.45, 2.75) is 25.8 Å². The third kappa shape index (κ3) is 2.52. The van der Waals surface area contributed by atoms with E-state index in [9.17, 15) is 0 Å². The first-order valence-corrected chi connectivity index (χ1v) is 6.23. The monoisotopic (exact) mass is 268 g/mol. The summed E-state index contributed by atoms with van der Waals surface area (Å²) in [5.41, 5.74) is 8.64. The largest absolute Gasteiger partial charge is 0.370 e. The van der Waals surface area contributed by atoms with Gasteiger partial charge in [-0.3, -0.25) is 0 Å². The molecule has 1 aromatic rings. The van der Waals surface area contributed by atoms with E-state index in [0.717, 1.165) is 24.0 Å². The van der Waals surface area contributed by atoms with Crippen molar-refractivity contribution in [3.63, 3.8) is 0 Å². The van der Waals surface area contributed by atoms with Gasteiger partial charge in [-0.2, -0.15) is 0 Å². The normalized spacial score (nSPS) is 21.8. The number of anilines is 1. The van der Waals surface area contributed by atoms with Crippen LogP contribution in [0.2, 0.25) is 0 Å². The molecule has 0 radical (unpaired) electrons. The van der Waals surface area contributed by atoms with Crippen LogP contribution < -0.4 is 10.6 Å². The quantitative estimate of drug-likeness (QED) is 0.849. The Kier molecular flexibility index (Phi) is 3.32. The number of aryl methyl sites for hydroxylation is 1. The molecule has 0 bridgehead atoms. The van der Waals surface area contributed by atoms with Crippen LogP contribution in [0.1, 0.15) is 18.4 Å². The first kappa shape index (κ1) is 11.0. The summed E-state index contributed by atoms with van der Waals surface area (Å²) in [5, 5.41) is 0. The second kappa shape index (κ2) is 4.54. The molecule has 1 saturated heterocycles. The minimum atomic E-state index is 0.331. The van der Waals surface area contributed by atoms with Crippen LogP contribution in [0.5, 0.6) is 0 Å². The molecule has 1 heterocycles. The molecule has 1 aromatic carbocycles. The zero-order chi connectivity index (χ0) is 10.8. The van der Waals surface area contributed by atoms with Crippen molar-refractivity contribution in [3.05, 3.63) is 28.2 Å². The van der Waals surface area contributed by atoms with Crippen molar-refractivity contribution >= 4 is 21.6 Å². The SMILES string of the molecule is Cc1ccc(Br)cc1N1CCCC(N)C1. The molecule has 1 atom stereocenters. The van der Waals surface area contributed by atoms with Crippen LogP contribution in [0.4, 0.5) is 5.69 Å². The maximum absolute atomic E-state index is 6.00. The van der Waals surface area contributed by atoms with Crippen LogP contribution in [-0.4, -0.2) is 19.1 Å². The van der Waals surface area contributed by atoms with Gasteiger partial charge in [0.25, 0.3) is 0 Å². The second-order valence-corrected chi connectivity index (χ2v) is 5.19. The first-order chi connectivity index (χ1) is 7.16. The molecule has 0 amide bonds. The van der Waals surface area contributed by atoms with Gasteiger partial charge in [0.05, 0.1) is 0 Å². The summed E-state index contributed by atoms with van der Waals surface area (Å²) >= 11 is 3.52. The molecular weight excluding hydrogens is 252 g/mol. The molecule has 0 saturated carbocycles. The molecule has 1 unspecified atom stereocenters. The highest BCUT2D eigenvalue weighted by Crippen LogP contribution is 2.26. The lowest BCUT2D eigenvalue weighted by Gasteiger charge is -2.33. The molecule has 2 N–H and O–H groups in total. The fourth-order valence-electron chi connectivity index (χ4n) is 2.15. The van der Waals surface area contributed by atoms with Crippen molar-refractivity contribution in [2.75, 3.05) is 18.0 Å². The molecule has 3 heteroatoms. The molecule has 2 nitrogen and oxygen atoms in total. The Labute approximate surface area is 99.6 Å². The van der Waals surface area contributed by atoms with Gasteiger partial charge < -0.3 is 10.6 Å². The van der Waals surface area contributed by atoms with Gasteiger partial charge in [0.1, 0.15) is 0 Å². The minimum Gasteiger partial charge on any atom is -0.370 e. The molecule has 0 aliphatic carbocycles. The predicted molar refractivity (Wildman–Crippen MR) is 68.3 cm³/mol. The molecule has 1 fully saturated rings. The van der Waals surface area contributed by atoms with Crippen molar-refractivity contribution in [1.29, 1.82) is 0 Å². The fourth-order valence-corrected chi connectivity index (χ4v) is 2.50. The highest BCUT2D eigenvalue weighted by Gasteiger charge is 2.18. The Morgan fingerprint density at radius 1 is 1.47 bits per heavy atom. The van der Waals surface area contributed by atoms with E-state index in [1.54, 1.807) is 0 Å². The van der Waals surface area contributed by atoms with E-state index in [1.807, 2.05) is 0 Å². The summed E-state index contributed by atoms with van der Waals surface area (Å²) in [7, 11) is 0. The maximum Gasteiger partial charge on any atom is 0.0407 e. The van der Waals surface area contributed by atoms with E-state index in [1.165, 1.54) is 17.7 Å². The number of nitrogens with two attached hydrogens (primary N) is 1. The number of nitrogens with zero attached hydrogens (tertiary/aromatic N) is 1. The number of hydrogen-bond acceptors (Lipinski definition) is 2. The smallest absolute Gasteiger partial charge is 0.0407 e. The van der Waals surface area contributed by atoms with Crippen LogP contribution in [0, 0.1) is 6.92 Å². The van der Waals surface area contributed by atoms with E-state index in [-0.39, 0.29) is 0 Å². The van der Waals surface area contributed by atoms with Gasteiger partial charge in [-0.1, -0.05) is 22.0 Å². The van der Waals surface area contributed by atoms with Crippen molar-refractivity contribution in [3.8, 4) is 0 Å². The lowest BCUT2D eigenvalue weighted by molar-refractivity contribution is 0.505. The number of halogens is 1. The minimum absolute atomic E-state index is 0.331. The Morgan fingerprint density at radius 2 is 2.27 bits per heavy atom. The molecular formula is C12H17BrN2. The Hall–Kier alpha value is -0.540. The number of rotatable bonds is 1. The second-order valence-electron chi connectivity index (χ2n) is 4.28. The average Bonchev–Trinajstić information content (AvgIpc) is 2.22. The highest BCUT2D eigenvalue weighted by atomic mass is 79.9. The highest BCUT2D eigenvalue weighted by molar-refractivity contribution is 9.10. The predicted octanol–water partition coefficient (Wildman–Crippen LogP) is 2.69. The van der Waals surface area contributed by atoms with Gasteiger partial charge in [0.15, 0.2) is 0 Å². The molecule has 0 spiro atoms. The number of piperidine rings is 1. The Morgan fingerprint density at radius 3 is 3.00 bits per heavy atom. The average molecular weight is 269 g/mol. The van der Waals surface area contributed by atoms with Crippen LogP contribution >= 0.6 is 15.9 Å². The third-order valence-corrected chi connectivity index (χ3v) is 3.46. The number of benzene rings is 1. The van der Waals surface area contributed by atoms with Crippen LogP contribution in [0.3, 0.4) is 0 Å². The van der Waals surface area contributed by atoms with Gasteiger partial charge in [0, 0.05) is 29.3 Å².